The average Bonchev–Trinajstić information content (AvgIpc) is 2.99. The Morgan fingerprint density at radius 3 is 2.45 bits per heavy atom. The summed E-state index contributed by atoms with van der Waals surface area (Å²) < 4.78 is 25.4. The first-order valence-corrected chi connectivity index (χ1v) is 7.23. The fourth-order valence-electron chi connectivity index (χ4n) is 1.59. The zero-order chi connectivity index (χ0) is 14.8. The molecular formula is C14H17NO4S. The van der Waals surface area contributed by atoms with Gasteiger partial charge in [-0.25, -0.2) is 0 Å². The van der Waals surface area contributed by atoms with E-state index in [9.17, 15) is 13.2 Å². The second-order valence-corrected chi connectivity index (χ2v) is 4.86. The fourth-order valence-corrected chi connectivity index (χ4v) is 1.86. The van der Waals surface area contributed by atoms with Gasteiger partial charge in [0.05, 0.1) is 0 Å². The van der Waals surface area contributed by atoms with Crippen molar-refractivity contribution in [2.45, 2.75) is 19.1 Å². The summed E-state index contributed by atoms with van der Waals surface area (Å²) in [4.78, 5) is 10.2. The van der Waals surface area contributed by atoms with Crippen molar-refractivity contribution in [3.05, 3.63) is 42.5 Å². The maximum atomic E-state index is 10.3. The van der Waals surface area contributed by atoms with Crippen molar-refractivity contribution in [1.29, 1.82) is 0 Å². The molecule has 0 radical (unpaired) electrons. The molecule has 0 aliphatic carbocycles. The lowest BCUT2D eigenvalue weighted by atomic mass is 10.2. The molecule has 2 rings (SSSR count). The first kappa shape index (κ1) is 16.3. The lowest BCUT2D eigenvalue weighted by Gasteiger charge is -2.07. The summed E-state index contributed by atoms with van der Waals surface area (Å²) in [5.41, 5.74) is 1.17. The molecule has 0 bridgehead atoms. The number of carbonyl (C=O) groups is 1. The number of aldehydes is 1. The number of carbonyl (C=O) groups excluding carboxylic acids is 1. The van der Waals surface area contributed by atoms with Crippen LogP contribution in [0.4, 0.5) is 0 Å². The highest BCUT2D eigenvalue weighted by atomic mass is 32.2. The van der Waals surface area contributed by atoms with Gasteiger partial charge in [0.1, 0.15) is 6.23 Å². The number of hydrogen-bond acceptors (Lipinski definition) is 5. The summed E-state index contributed by atoms with van der Waals surface area (Å²) in [5.74, 6) is 0. The molecule has 1 aliphatic rings. The van der Waals surface area contributed by atoms with Gasteiger partial charge in [-0.1, -0.05) is 43.0 Å². The van der Waals surface area contributed by atoms with Gasteiger partial charge in [-0.3, -0.25) is 10.1 Å². The number of benzene rings is 1. The van der Waals surface area contributed by atoms with Crippen LogP contribution in [0.2, 0.25) is 0 Å². The van der Waals surface area contributed by atoms with Crippen molar-refractivity contribution in [1.82, 2.24) is 5.32 Å². The predicted octanol–water partition coefficient (Wildman–Crippen LogP) is 1.25. The van der Waals surface area contributed by atoms with Gasteiger partial charge in [-0.15, -0.1) is 0 Å². The molecule has 1 heterocycles. The van der Waals surface area contributed by atoms with Crippen LogP contribution < -0.4 is 5.32 Å². The monoisotopic (exact) mass is 295 g/mol. The third-order valence-electron chi connectivity index (χ3n) is 2.57. The second kappa shape index (κ2) is 9.19. The van der Waals surface area contributed by atoms with Crippen LogP contribution >= 0.6 is 0 Å². The van der Waals surface area contributed by atoms with Crippen molar-refractivity contribution in [2.75, 3.05) is 6.54 Å². The van der Waals surface area contributed by atoms with Gasteiger partial charge >= 0.3 is 0 Å². The molecule has 1 unspecified atom stereocenters. The molecule has 20 heavy (non-hydrogen) atoms. The third kappa shape index (κ3) is 5.92. The van der Waals surface area contributed by atoms with Crippen molar-refractivity contribution in [3.63, 3.8) is 0 Å². The Labute approximate surface area is 119 Å². The number of hydrogen-bond donors (Lipinski definition) is 1. The van der Waals surface area contributed by atoms with Crippen LogP contribution in [0.3, 0.4) is 0 Å². The van der Waals surface area contributed by atoms with Gasteiger partial charge in [0, 0.05) is 0 Å². The highest BCUT2D eigenvalue weighted by molar-refractivity contribution is 7.74. The van der Waals surface area contributed by atoms with Crippen LogP contribution in [-0.2, 0) is 19.8 Å². The Morgan fingerprint density at radius 2 is 2.05 bits per heavy atom. The molecule has 1 fully saturated rings. The normalized spacial score (nSPS) is 16.7. The van der Waals surface area contributed by atoms with Crippen molar-refractivity contribution >= 4 is 27.7 Å². The highest BCUT2D eigenvalue weighted by Gasteiger charge is 2.17. The van der Waals surface area contributed by atoms with Gasteiger partial charge < -0.3 is 4.74 Å². The van der Waals surface area contributed by atoms with Gasteiger partial charge in [-0.2, -0.15) is 8.42 Å². The van der Waals surface area contributed by atoms with E-state index in [2.05, 4.69) is 11.9 Å². The van der Waals surface area contributed by atoms with Gasteiger partial charge in [0.25, 0.3) is 0 Å². The first-order chi connectivity index (χ1) is 9.67. The Morgan fingerprint density at radius 1 is 1.35 bits per heavy atom. The van der Waals surface area contributed by atoms with E-state index in [0.29, 0.717) is 0 Å². The van der Waals surface area contributed by atoms with Crippen LogP contribution in [0.25, 0.3) is 6.08 Å². The minimum Gasteiger partial charge on any atom is -0.310 e. The maximum Gasteiger partial charge on any atom is 0.248 e. The second-order valence-electron chi connectivity index (χ2n) is 3.99. The number of nitrogens with one attached hydrogen (secondary N) is 1. The van der Waals surface area contributed by atoms with E-state index < -0.39 is 15.3 Å². The molecular weight excluding hydrogens is 278 g/mol. The van der Waals surface area contributed by atoms with Crippen LogP contribution in [0.1, 0.15) is 18.4 Å². The van der Waals surface area contributed by atoms with E-state index in [-0.39, 0.29) is 12.5 Å². The van der Waals surface area contributed by atoms with E-state index in [1.54, 1.807) is 0 Å². The smallest absolute Gasteiger partial charge is 0.248 e. The average molecular weight is 295 g/mol. The molecule has 1 aromatic rings. The largest absolute Gasteiger partial charge is 0.310 e. The molecule has 1 atom stereocenters. The Kier molecular flexibility index (Phi) is 7.49. The van der Waals surface area contributed by atoms with Gasteiger partial charge in [0.2, 0.25) is 15.3 Å². The maximum absolute atomic E-state index is 10.3. The molecule has 0 aromatic heterocycles. The first-order valence-electron chi connectivity index (χ1n) is 6.16. The lowest BCUT2D eigenvalue weighted by Crippen LogP contribution is -2.28. The lowest BCUT2D eigenvalue weighted by molar-refractivity contribution is -0.104. The van der Waals surface area contributed by atoms with Crippen LogP contribution in [0.15, 0.2) is 36.9 Å². The summed E-state index contributed by atoms with van der Waals surface area (Å²) in [6.45, 7) is 4.42. The Hall–Kier alpha value is -1.76. The van der Waals surface area contributed by atoms with Crippen molar-refractivity contribution < 1.29 is 17.9 Å². The highest BCUT2D eigenvalue weighted by Crippen LogP contribution is 2.05. The minimum atomic E-state index is -2.56. The van der Waals surface area contributed by atoms with E-state index in [1.807, 2.05) is 36.4 Å². The summed E-state index contributed by atoms with van der Waals surface area (Å²) in [5, 5.41) is 2.37. The van der Waals surface area contributed by atoms with Gasteiger partial charge in [0.15, 0.2) is 6.29 Å². The standard InChI is InChI=1S/C8H8.C6H9NO4S/c1-2-8-6-4-3-5-7-8;8-4-6(12(9)10)11-5-2-1-3-7-5/h2-7H,1H2;4-5,7H,1-3H2. The molecule has 6 heteroatoms. The SMILES string of the molecule is C=Cc1ccccc1.O=CC(OC1CCCN1)=S(=O)=O. The molecule has 5 nitrogen and oxygen atoms in total. The summed E-state index contributed by atoms with van der Waals surface area (Å²) in [6, 6.07) is 10.0. The predicted molar refractivity (Wildman–Crippen MR) is 78.6 cm³/mol. The van der Waals surface area contributed by atoms with Crippen molar-refractivity contribution in [3.8, 4) is 0 Å². The number of rotatable bonds is 3. The minimum absolute atomic E-state index is 0.198. The molecule has 0 saturated carbocycles. The van der Waals surface area contributed by atoms with E-state index >= 15 is 0 Å². The zero-order valence-electron chi connectivity index (χ0n) is 11.0. The fraction of sp³-hybridized carbons (Fsp3) is 0.286. The molecule has 1 aliphatic heterocycles. The number of ether oxygens (including phenoxy) is 1. The van der Waals surface area contributed by atoms with E-state index in [1.165, 1.54) is 5.56 Å². The van der Waals surface area contributed by atoms with E-state index in [0.717, 1.165) is 19.4 Å². The van der Waals surface area contributed by atoms with E-state index in [4.69, 9.17) is 4.74 Å². The molecule has 0 spiro atoms. The topological polar surface area (TPSA) is 72.5 Å². The Bertz CT molecular complexity index is 552. The molecule has 1 saturated heterocycles. The molecule has 108 valence electrons. The van der Waals surface area contributed by atoms with Crippen LogP contribution in [0.5, 0.6) is 0 Å². The molecule has 0 amide bonds. The molecule has 1 N–H and O–H groups in total. The van der Waals surface area contributed by atoms with Crippen molar-refractivity contribution in [2.24, 2.45) is 0 Å². The van der Waals surface area contributed by atoms with Crippen LogP contribution in [0, 0.1) is 0 Å². The molecule has 1 aromatic carbocycles. The van der Waals surface area contributed by atoms with Crippen LogP contribution in [-0.4, -0.2) is 32.5 Å². The quantitative estimate of drug-likeness (QED) is 0.671. The summed E-state index contributed by atoms with van der Waals surface area (Å²) >= 11 is 0. The summed E-state index contributed by atoms with van der Waals surface area (Å²) in [6.07, 6.45) is 3.36. The van der Waals surface area contributed by atoms with Gasteiger partial charge in [-0.05, 0) is 24.9 Å². The Balaban J connectivity index is 0.000000217. The third-order valence-corrected chi connectivity index (χ3v) is 3.09. The summed E-state index contributed by atoms with van der Waals surface area (Å²) in [7, 11) is -2.56. The zero-order valence-corrected chi connectivity index (χ0v) is 11.8.